The normalized spacial score (nSPS) is 9.31. The van der Waals surface area contributed by atoms with Gasteiger partial charge in [0.15, 0.2) is 0 Å². The Balaban J connectivity index is 3.18. The molecule has 2 nitrogen and oxygen atoms in total. The molecule has 0 radical (unpaired) electrons. The van der Waals surface area contributed by atoms with Crippen molar-refractivity contribution in [2.24, 2.45) is 0 Å². The first-order valence-electron chi connectivity index (χ1n) is 3.88. The molecule has 0 unspecified atom stereocenters. The molecule has 68 valence electrons. The van der Waals surface area contributed by atoms with Gasteiger partial charge in [-0.05, 0) is 6.07 Å². The third-order valence-corrected chi connectivity index (χ3v) is 2.14. The standard InChI is InChI=1S/C10H12N2S/c1-3-9-8(7-11)5-4-6-10(9)12-13-2/h3-7,11-12H,1H2,2H3. The van der Waals surface area contributed by atoms with Gasteiger partial charge in [-0.3, -0.25) is 0 Å². The van der Waals surface area contributed by atoms with Crippen LogP contribution in [0.25, 0.3) is 6.08 Å². The predicted molar refractivity (Wildman–Crippen MR) is 61.6 cm³/mol. The van der Waals surface area contributed by atoms with Gasteiger partial charge in [0.2, 0.25) is 0 Å². The summed E-state index contributed by atoms with van der Waals surface area (Å²) in [7, 11) is 0. The number of hydrogen-bond acceptors (Lipinski definition) is 3. The second-order valence-electron chi connectivity index (χ2n) is 2.46. The molecule has 1 aromatic carbocycles. The first-order valence-corrected chi connectivity index (χ1v) is 5.11. The van der Waals surface area contributed by atoms with Gasteiger partial charge in [-0.15, -0.1) is 0 Å². The summed E-state index contributed by atoms with van der Waals surface area (Å²) in [5.41, 5.74) is 2.87. The highest BCUT2D eigenvalue weighted by atomic mass is 32.2. The average molecular weight is 192 g/mol. The van der Waals surface area contributed by atoms with E-state index in [1.807, 2.05) is 24.5 Å². The van der Waals surface area contributed by atoms with Crippen LogP contribution in [-0.4, -0.2) is 12.5 Å². The minimum atomic E-state index is 0.883. The zero-order valence-corrected chi connectivity index (χ0v) is 8.32. The number of anilines is 1. The van der Waals surface area contributed by atoms with Gasteiger partial charge < -0.3 is 10.1 Å². The van der Waals surface area contributed by atoms with E-state index in [1.165, 1.54) is 18.2 Å². The molecule has 0 aliphatic heterocycles. The van der Waals surface area contributed by atoms with Crippen LogP contribution in [0.15, 0.2) is 24.8 Å². The lowest BCUT2D eigenvalue weighted by atomic mass is 10.1. The highest BCUT2D eigenvalue weighted by Crippen LogP contribution is 2.21. The van der Waals surface area contributed by atoms with Crippen molar-refractivity contribution in [2.45, 2.75) is 0 Å². The van der Waals surface area contributed by atoms with E-state index in [1.54, 1.807) is 6.08 Å². The fraction of sp³-hybridized carbons (Fsp3) is 0.100. The maximum absolute atomic E-state index is 7.21. The molecule has 0 fully saturated rings. The van der Waals surface area contributed by atoms with Crippen molar-refractivity contribution in [1.29, 1.82) is 5.41 Å². The highest BCUT2D eigenvalue weighted by molar-refractivity contribution is 7.99. The molecule has 2 N–H and O–H groups in total. The van der Waals surface area contributed by atoms with Crippen molar-refractivity contribution < 1.29 is 0 Å². The Morgan fingerprint density at radius 1 is 1.54 bits per heavy atom. The summed E-state index contributed by atoms with van der Waals surface area (Å²) in [6.07, 6.45) is 5.06. The van der Waals surface area contributed by atoms with Gasteiger partial charge in [0, 0.05) is 23.6 Å². The van der Waals surface area contributed by atoms with Gasteiger partial charge in [0.25, 0.3) is 0 Å². The largest absolute Gasteiger partial charge is 0.329 e. The molecule has 0 aliphatic carbocycles. The van der Waals surface area contributed by atoms with Crippen molar-refractivity contribution >= 4 is 29.9 Å². The lowest BCUT2D eigenvalue weighted by Crippen LogP contribution is -1.93. The van der Waals surface area contributed by atoms with Gasteiger partial charge in [0.05, 0.1) is 5.69 Å². The summed E-state index contributed by atoms with van der Waals surface area (Å²) in [5.74, 6) is 0. The summed E-state index contributed by atoms with van der Waals surface area (Å²) >= 11 is 1.53. The van der Waals surface area contributed by atoms with Gasteiger partial charge in [-0.25, -0.2) is 0 Å². The molecule has 0 saturated heterocycles. The Labute approximate surface area is 82.7 Å². The summed E-state index contributed by atoms with van der Waals surface area (Å²) in [6.45, 7) is 3.73. The maximum atomic E-state index is 7.21. The molecule has 1 aromatic rings. The fourth-order valence-corrected chi connectivity index (χ4v) is 1.53. The maximum Gasteiger partial charge on any atom is 0.0519 e. The van der Waals surface area contributed by atoms with Crippen LogP contribution in [0.4, 0.5) is 5.69 Å². The molecule has 0 saturated carbocycles. The monoisotopic (exact) mass is 192 g/mol. The molecule has 0 aromatic heterocycles. The Hall–Kier alpha value is -1.22. The molecular weight excluding hydrogens is 180 g/mol. The van der Waals surface area contributed by atoms with Crippen LogP contribution in [0.1, 0.15) is 11.1 Å². The third-order valence-electron chi connectivity index (χ3n) is 1.71. The van der Waals surface area contributed by atoms with Crippen LogP contribution in [0, 0.1) is 5.41 Å². The number of nitrogens with one attached hydrogen (secondary N) is 2. The predicted octanol–water partition coefficient (Wildman–Crippen LogP) is 3.02. The van der Waals surface area contributed by atoms with Crippen molar-refractivity contribution in [3.8, 4) is 0 Å². The zero-order valence-electron chi connectivity index (χ0n) is 7.50. The SMILES string of the molecule is C=Cc1c(C=N)cccc1NSC. The molecular formula is C10H12N2S. The quantitative estimate of drug-likeness (QED) is 0.568. The van der Waals surface area contributed by atoms with E-state index < -0.39 is 0 Å². The molecule has 13 heavy (non-hydrogen) atoms. The minimum Gasteiger partial charge on any atom is -0.329 e. The van der Waals surface area contributed by atoms with Gasteiger partial charge in [-0.2, -0.15) is 0 Å². The summed E-state index contributed by atoms with van der Waals surface area (Å²) < 4.78 is 3.14. The van der Waals surface area contributed by atoms with E-state index in [0.29, 0.717) is 0 Å². The Bertz CT molecular complexity index is 321. The number of benzene rings is 1. The van der Waals surface area contributed by atoms with E-state index in [4.69, 9.17) is 5.41 Å². The first kappa shape index (κ1) is 9.86. The zero-order chi connectivity index (χ0) is 9.68. The topological polar surface area (TPSA) is 35.9 Å². The highest BCUT2D eigenvalue weighted by Gasteiger charge is 2.01. The summed E-state index contributed by atoms with van der Waals surface area (Å²) in [6, 6.07) is 5.79. The Morgan fingerprint density at radius 2 is 2.31 bits per heavy atom. The lowest BCUT2D eigenvalue weighted by molar-refractivity contribution is 1.52. The van der Waals surface area contributed by atoms with Crippen molar-refractivity contribution in [3.63, 3.8) is 0 Å². The molecule has 0 atom stereocenters. The number of rotatable bonds is 4. The van der Waals surface area contributed by atoms with E-state index >= 15 is 0 Å². The smallest absolute Gasteiger partial charge is 0.0519 e. The average Bonchev–Trinajstić information content (AvgIpc) is 2.18. The summed E-state index contributed by atoms with van der Waals surface area (Å²) in [5, 5.41) is 7.21. The van der Waals surface area contributed by atoms with Crippen LogP contribution < -0.4 is 4.72 Å². The second-order valence-corrected chi connectivity index (χ2v) is 3.08. The van der Waals surface area contributed by atoms with E-state index in [0.717, 1.165) is 16.8 Å². The van der Waals surface area contributed by atoms with Crippen LogP contribution >= 0.6 is 11.9 Å². The molecule has 0 spiro atoms. The second kappa shape index (κ2) is 4.72. The Kier molecular flexibility index (Phi) is 3.58. The van der Waals surface area contributed by atoms with Crippen molar-refractivity contribution in [1.82, 2.24) is 0 Å². The summed E-state index contributed by atoms with van der Waals surface area (Å²) in [4.78, 5) is 0. The van der Waals surface area contributed by atoms with Gasteiger partial charge >= 0.3 is 0 Å². The van der Waals surface area contributed by atoms with E-state index in [-0.39, 0.29) is 0 Å². The fourth-order valence-electron chi connectivity index (χ4n) is 1.14. The molecule has 3 heteroatoms. The van der Waals surface area contributed by atoms with Crippen molar-refractivity contribution in [3.05, 3.63) is 35.9 Å². The Morgan fingerprint density at radius 3 is 2.85 bits per heavy atom. The van der Waals surface area contributed by atoms with Gasteiger partial charge in [-0.1, -0.05) is 36.7 Å². The molecule has 0 amide bonds. The molecule has 0 bridgehead atoms. The number of hydrogen-bond donors (Lipinski definition) is 2. The van der Waals surface area contributed by atoms with Crippen LogP contribution in [0.2, 0.25) is 0 Å². The molecule has 0 heterocycles. The van der Waals surface area contributed by atoms with Crippen LogP contribution in [0.5, 0.6) is 0 Å². The van der Waals surface area contributed by atoms with Crippen molar-refractivity contribution in [2.75, 3.05) is 11.0 Å². The van der Waals surface area contributed by atoms with Crippen LogP contribution in [0.3, 0.4) is 0 Å². The molecule has 0 aliphatic rings. The third kappa shape index (κ3) is 2.12. The minimum absolute atomic E-state index is 0.883. The van der Waals surface area contributed by atoms with E-state index in [2.05, 4.69) is 11.3 Å². The lowest BCUT2D eigenvalue weighted by Gasteiger charge is -2.08. The first-order chi connectivity index (χ1) is 6.33. The van der Waals surface area contributed by atoms with Crippen LogP contribution in [-0.2, 0) is 0 Å². The van der Waals surface area contributed by atoms with Gasteiger partial charge in [0.1, 0.15) is 0 Å². The van der Waals surface area contributed by atoms with E-state index in [9.17, 15) is 0 Å². The molecule has 1 rings (SSSR count).